The highest BCUT2D eigenvalue weighted by Gasteiger charge is 2.26. The van der Waals surface area contributed by atoms with Crippen LogP contribution in [0, 0.1) is 5.92 Å². The maximum Gasteiger partial charge on any atom is 0.248 e. The fourth-order valence-electron chi connectivity index (χ4n) is 3.00. The summed E-state index contributed by atoms with van der Waals surface area (Å²) in [7, 11) is 1.56. The van der Waals surface area contributed by atoms with Crippen molar-refractivity contribution in [2.24, 2.45) is 5.92 Å². The van der Waals surface area contributed by atoms with Gasteiger partial charge in [-0.05, 0) is 36.5 Å². The molecule has 1 aromatic heterocycles. The highest BCUT2D eigenvalue weighted by atomic mass is 16.5. The number of hydrogen-bond donors (Lipinski definition) is 0. The highest BCUT2D eigenvalue weighted by Crippen LogP contribution is 2.22. The van der Waals surface area contributed by atoms with E-state index in [-0.39, 0.29) is 12.5 Å². The van der Waals surface area contributed by atoms with Crippen LogP contribution in [-0.2, 0) is 16.0 Å². The van der Waals surface area contributed by atoms with Crippen LogP contribution in [0.2, 0.25) is 0 Å². The molecule has 0 unspecified atom stereocenters. The molecule has 1 aromatic carbocycles. The fourth-order valence-corrected chi connectivity index (χ4v) is 3.00. The third-order valence-electron chi connectivity index (χ3n) is 4.08. The van der Waals surface area contributed by atoms with Gasteiger partial charge in [0.2, 0.25) is 5.91 Å². The van der Waals surface area contributed by atoms with Crippen molar-refractivity contribution in [3.05, 3.63) is 42.1 Å². The molecule has 1 aliphatic rings. The number of aromatic nitrogens is 1. The second-order valence-corrected chi connectivity index (χ2v) is 5.67. The van der Waals surface area contributed by atoms with E-state index >= 15 is 0 Å². The van der Waals surface area contributed by atoms with Crippen LogP contribution in [0.1, 0.15) is 12.0 Å². The summed E-state index contributed by atoms with van der Waals surface area (Å²) in [5.74, 6) is 0.616. The number of likely N-dealkylation sites (tertiary alicyclic amines) is 1. The van der Waals surface area contributed by atoms with E-state index < -0.39 is 0 Å². The van der Waals surface area contributed by atoms with Gasteiger partial charge in [0.25, 0.3) is 0 Å². The number of amides is 1. The third-order valence-corrected chi connectivity index (χ3v) is 4.08. The largest absolute Gasteiger partial charge is 0.375 e. The van der Waals surface area contributed by atoms with Gasteiger partial charge in [-0.15, -0.1) is 0 Å². The molecule has 1 fully saturated rings. The molecule has 0 aliphatic carbocycles. The number of methoxy groups -OCH3 is 1. The van der Waals surface area contributed by atoms with Gasteiger partial charge in [-0.2, -0.15) is 0 Å². The summed E-state index contributed by atoms with van der Waals surface area (Å²) in [4.78, 5) is 18.2. The molecule has 1 aliphatic heterocycles. The van der Waals surface area contributed by atoms with E-state index in [1.165, 1.54) is 10.9 Å². The lowest BCUT2D eigenvalue weighted by molar-refractivity contribution is -0.134. The normalized spacial score (nSPS) is 18.3. The van der Waals surface area contributed by atoms with Crippen LogP contribution in [0.3, 0.4) is 0 Å². The maximum atomic E-state index is 11.8. The summed E-state index contributed by atoms with van der Waals surface area (Å²) < 4.78 is 4.92. The van der Waals surface area contributed by atoms with Gasteiger partial charge in [-0.3, -0.25) is 9.78 Å². The number of ether oxygens (including phenoxy) is 1. The van der Waals surface area contributed by atoms with E-state index in [0.717, 1.165) is 31.4 Å². The molecule has 0 bridgehead atoms. The Morgan fingerprint density at radius 3 is 3.14 bits per heavy atom. The van der Waals surface area contributed by atoms with Crippen LogP contribution in [0.25, 0.3) is 10.9 Å². The second kappa shape index (κ2) is 6.22. The van der Waals surface area contributed by atoms with Crippen molar-refractivity contribution < 1.29 is 9.53 Å². The minimum atomic E-state index is 0.0941. The first kappa shape index (κ1) is 14.0. The number of para-hydroxylation sites is 1. The van der Waals surface area contributed by atoms with E-state index in [0.29, 0.717) is 5.92 Å². The molecule has 0 spiro atoms. The molecule has 0 saturated carbocycles. The molecular weight excluding hydrogens is 264 g/mol. The van der Waals surface area contributed by atoms with E-state index in [1.807, 2.05) is 29.3 Å². The lowest BCUT2D eigenvalue weighted by atomic mass is 9.99. The zero-order chi connectivity index (χ0) is 14.7. The smallest absolute Gasteiger partial charge is 0.248 e. The van der Waals surface area contributed by atoms with Crippen molar-refractivity contribution in [2.45, 2.75) is 12.8 Å². The topological polar surface area (TPSA) is 42.4 Å². The van der Waals surface area contributed by atoms with Crippen molar-refractivity contribution in [1.29, 1.82) is 0 Å². The van der Waals surface area contributed by atoms with Gasteiger partial charge in [-0.25, -0.2) is 0 Å². The Balaban J connectivity index is 1.65. The van der Waals surface area contributed by atoms with E-state index in [1.54, 1.807) is 7.11 Å². The van der Waals surface area contributed by atoms with Crippen LogP contribution < -0.4 is 0 Å². The number of carbonyl (C=O) groups excluding carboxylic acids is 1. The van der Waals surface area contributed by atoms with Gasteiger partial charge in [0, 0.05) is 31.8 Å². The average Bonchev–Trinajstić information content (AvgIpc) is 2.96. The number of pyridine rings is 1. The van der Waals surface area contributed by atoms with Crippen molar-refractivity contribution in [3.8, 4) is 0 Å². The summed E-state index contributed by atoms with van der Waals surface area (Å²) >= 11 is 0. The van der Waals surface area contributed by atoms with Crippen LogP contribution in [0.15, 0.2) is 36.5 Å². The van der Waals surface area contributed by atoms with Crippen molar-refractivity contribution in [1.82, 2.24) is 9.88 Å². The summed E-state index contributed by atoms with van der Waals surface area (Å²) in [5, 5.41) is 1.18. The van der Waals surface area contributed by atoms with Crippen molar-refractivity contribution in [3.63, 3.8) is 0 Å². The van der Waals surface area contributed by atoms with Gasteiger partial charge >= 0.3 is 0 Å². The molecule has 1 amide bonds. The highest BCUT2D eigenvalue weighted by molar-refractivity contribution is 5.79. The molecule has 1 atom stereocenters. The number of carbonyl (C=O) groups is 1. The molecule has 1 saturated heterocycles. The molecule has 4 nitrogen and oxygen atoms in total. The van der Waals surface area contributed by atoms with Crippen LogP contribution in [0.4, 0.5) is 0 Å². The minimum Gasteiger partial charge on any atom is -0.375 e. The molecule has 110 valence electrons. The summed E-state index contributed by atoms with van der Waals surface area (Å²) in [5.41, 5.74) is 2.28. The van der Waals surface area contributed by atoms with Crippen molar-refractivity contribution >= 4 is 16.8 Å². The monoisotopic (exact) mass is 284 g/mol. The van der Waals surface area contributed by atoms with Gasteiger partial charge in [0.15, 0.2) is 0 Å². The number of nitrogens with zero attached hydrogens (tertiary/aromatic N) is 2. The molecule has 3 rings (SSSR count). The lowest BCUT2D eigenvalue weighted by Gasteiger charge is -2.16. The number of rotatable bonds is 4. The molecule has 0 N–H and O–H groups in total. The predicted octanol–water partition coefficient (Wildman–Crippen LogP) is 2.27. The first-order valence-corrected chi connectivity index (χ1v) is 7.36. The van der Waals surface area contributed by atoms with Crippen molar-refractivity contribution in [2.75, 3.05) is 26.8 Å². The minimum absolute atomic E-state index is 0.0941. The Hall–Kier alpha value is -1.94. The summed E-state index contributed by atoms with van der Waals surface area (Å²) in [6.45, 7) is 1.85. The van der Waals surface area contributed by atoms with E-state index in [2.05, 4.69) is 17.1 Å². The standard InChI is InChI=1S/C17H20N2O2/c1-21-12-17(20)19-7-6-13(11-19)8-14-9-15-4-2-3-5-16(15)18-10-14/h2-5,9-10,13H,6-8,11-12H2,1H3/t13-/m0/s1. The van der Waals surface area contributed by atoms with Crippen LogP contribution >= 0.6 is 0 Å². The zero-order valence-corrected chi connectivity index (χ0v) is 12.3. The predicted molar refractivity (Wildman–Crippen MR) is 82.0 cm³/mol. The molecule has 0 radical (unpaired) electrons. The number of benzene rings is 1. The Bertz CT molecular complexity index is 641. The first-order valence-electron chi connectivity index (χ1n) is 7.36. The molecule has 21 heavy (non-hydrogen) atoms. The van der Waals surface area contributed by atoms with Crippen LogP contribution in [-0.4, -0.2) is 42.6 Å². The number of fused-ring (bicyclic) bond motifs is 1. The van der Waals surface area contributed by atoms with E-state index in [4.69, 9.17) is 4.74 Å². The van der Waals surface area contributed by atoms with E-state index in [9.17, 15) is 4.79 Å². The first-order chi connectivity index (χ1) is 10.3. The Labute approximate surface area is 124 Å². The molecular formula is C17H20N2O2. The summed E-state index contributed by atoms with van der Waals surface area (Å²) in [6, 6.07) is 10.4. The molecule has 4 heteroatoms. The summed E-state index contributed by atoms with van der Waals surface area (Å²) in [6.07, 6.45) is 4.00. The average molecular weight is 284 g/mol. The zero-order valence-electron chi connectivity index (χ0n) is 12.3. The SMILES string of the molecule is COCC(=O)N1CC[C@@H](Cc2cnc3ccccc3c2)C1. The van der Waals surface area contributed by atoms with Crippen LogP contribution in [0.5, 0.6) is 0 Å². The van der Waals surface area contributed by atoms with Gasteiger partial charge < -0.3 is 9.64 Å². The Kier molecular flexibility index (Phi) is 4.15. The second-order valence-electron chi connectivity index (χ2n) is 5.67. The number of hydrogen-bond acceptors (Lipinski definition) is 3. The molecule has 2 heterocycles. The lowest BCUT2D eigenvalue weighted by Crippen LogP contribution is -2.31. The quantitative estimate of drug-likeness (QED) is 0.865. The maximum absolute atomic E-state index is 11.8. The van der Waals surface area contributed by atoms with Gasteiger partial charge in [0.05, 0.1) is 5.52 Å². The molecule has 2 aromatic rings. The fraction of sp³-hybridized carbons (Fsp3) is 0.412. The third kappa shape index (κ3) is 3.22. The van der Waals surface area contributed by atoms with Gasteiger partial charge in [0.1, 0.15) is 6.61 Å². The Morgan fingerprint density at radius 1 is 1.43 bits per heavy atom. The Morgan fingerprint density at radius 2 is 2.29 bits per heavy atom. The van der Waals surface area contributed by atoms with Gasteiger partial charge in [-0.1, -0.05) is 18.2 Å².